The van der Waals surface area contributed by atoms with Crippen LogP contribution in [0.4, 0.5) is 0 Å². The average Bonchev–Trinajstić information content (AvgIpc) is 2.61. The minimum Gasteiger partial charge on any atom is -0.361 e. The van der Waals surface area contributed by atoms with Gasteiger partial charge in [0.25, 0.3) is 5.56 Å². The first kappa shape index (κ1) is 7.85. The number of hydrogen-bond acceptors (Lipinski definition) is 3. The van der Waals surface area contributed by atoms with E-state index in [1.54, 1.807) is 20.0 Å². The van der Waals surface area contributed by atoms with Crippen LogP contribution in [0.5, 0.6) is 0 Å². The molecule has 0 fully saturated rings. The van der Waals surface area contributed by atoms with E-state index in [1.165, 1.54) is 10.7 Å². The Hall–Kier alpha value is -1.78. The molecule has 0 aliphatic carbocycles. The van der Waals surface area contributed by atoms with Gasteiger partial charge in [-0.3, -0.25) is 14.6 Å². The summed E-state index contributed by atoms with van der Waals surface area (Å²) in [5.41, 5.74) is 1.23. The summed E-state index contributed by atoms with van der Waals surface area (Å²) in [6.45, 7) is 1.80. The van der Waals surface area contributed by atoms with Crippen molar-refractivity contribution in [2.75, 3.05) is 0 Å². The summed E-state index contributed by atoms with van der Waals surface area (Å²) in [5.74, 6) is 0.722. The van der Waals surface area contributed by atoms with Gasteiger partial charge in [0.05, 0.1) is 5.69 Å². The van der Waals surface area contributed by atoms with Crippen LogP contribution in [-0.4, -0.2) is 14.9 Å². The fourth-order valence-corrected chi connectivity index (χ4v) is 1.11. The van der Waals surface area contributed by atoms with Crippen molar-refractivity contribution in [2.45, 2.75) is 6.92 Å². The Bertz CT molecular complexity index is 478. The van der Waals surface area contributed by atoms with Gasteiger partial charge in [-0.1, -0.05) is 5.16 Å². The highest BCUT2D eigenvalue weighted by atomic mass is 16.5. The number of aromatic nitrogens is 3. The fourth-order valence-electron chi connectivity index (χ4n) is 1.11. The predicted molar refractivity (Wildman–Crippen MR) is 46.3 cm³/mol. The lowest BCUT2D eigenvalue weighted by atomic mass is 10.3. The maximum Gasteiger partial charge on any atom is 0.266 e. The molecule has 0 aromatic carbocycles. The van der Waals surface area contributed by atoms with Gasteiger partial charge in [0.15, 0.2) is 0 Å². The van der Waals surface area contributed by atoms with E-state index in [9.17, 15) is 4.79 Å². The Morgan fingerprint density at radius 3 is 2.77 bits per heavy atom. The predicted octanol–water partition coefficient (Wildman–Crippen LogP) is 0.677. The Kier molecular flexibility index (Phi) is 1.58. The van der Waals surface area contributed by atoms with Crippen molar-refractivity contribution in [3.8, 4) is 11.4 Å². The third kappa shape index (κ3) is 1.28. The molecule has 0 saturated heterocycles. The maximum atomic E-state index is 11.1. The standard InChI is InChI=1S/C8H9N3O2/c1-5-3-7(10-13-5)6-4-8(12)11(2)9-6/h3-4,9H,1-2H3. The number of aromatic amines is 1. The number of aryl methyl sites for hydroxylation is 2. The van der Waals surface area contributed by atoms with Crippen molar-refractivity contribution in [3.05, 3.63) is 28.2 Å². The molecule has 0 aliphatic heterocycles. The largest absolute Gasteiger partial charge is 0.361 e. The Morgan fingerprint density at radius 2 is 2.31 bits per heavy atom. The summed E-state index contributed by atoms with van der Waals surface area (Å²) in [5, 5.41) is 6.64. The summed E-state index contributed by atoms with van der Waals surface area (Å²) < 4.78 is 6.27. The molecule has 0 amide bonds. The van der Waals surface area contributed by atoms with Crippen LogP contribution in [-0.2, 0) is 7.05 Å². The summed E-state index contributed by atoms with van der Waals surface area (Å²) in [7, 11) is 1.65. The lowest BCUT2D eigenvalue weighted by Crippen LogP contribution is -2.09. The molecule has 0 spiro atoms. The Balaban J connectivity index is 2.52. The van der Waals surface area contributed by atoms with Crippen molar-refractivity contribution in [2.24, 2.45) is 7.05 Å². The van der Waals surface area contributed by atoms with E-state index in [-0.39, 0.29) is 5.56 Å². The van der Waals surface area contributed by atoms with Crippen LogP contribution in [0.15, 0.2) is 21.5 Å². The monoisotopic (exact) mass is 179 g/mol. The van der Waals surface area contributed by atoms with Gasteiger partial charge >= 0.3 is 0 Å². The molecule has 0 saturated carbocycles. The molecule has 2 heterocycles. The summed E-state index contributed by atoms with van der Waals surface area (Å²) >= 11 is 0. The van der Waals surface area contributed by atoms with Gasteiger partial charge in [-0.25, -0.2) is 0 Å². The van der Waals surface area contributed by atoms with Gasteiger partial charge in [0.1, 0.15) is 11.5 Å². The highest BCUT2D eigenvalue weighted by molar-refractivity contribution is 5.52. The Morgan fingerprint density at radius 1 is 1.54 bits per heavy atom. The molecule has 68 valence electrons. The zero-order chi connectivity index (χ0) is 9.42. The molecule has 2 aromatic rings. The zero-order valence-electron chi connectivity index (χ0n) is 7.37. The van der Waals surface area contributed by atoms with E-state index < -0.39 is 0 Å². The van der Waals surface area contributed by atoms with Crippen LogP contribution >= 0.6 is 0 Å². The summed E-state index contributed by atoms with van der Waals surface area (Å²) in [4.78, 5) is 11.1. The van der Waals surface area contributed by atoms with E-state index in [1.807, 2.05) is 0 Å². The third-order valence-corrected chi connectivity index (χ3v) is 1.79. The highest BCUT2D eigenvalue weighted by Crippen LogP contribution is 2.13. The van der Waals surface area contributed by atoms with E-state index in [2.05, 4.69) is 10.3 Å². The van der Waals surface area contributed by atoms with Gasteiger partial charge in [-0.15, -0.1) is 0 Å². The van der Waals surface area contributed by atoms with Gasteiger partial charge in [-0.2, -0.15) is 0 Å². The van der Waals surface area contributed by atoms with Gasteiger partial charge in [0.2, 0.25) is 0 Å². The number of nitrogens with zero attached hydrogens (tertiary/aromatic N) is 2. The van der Waals surface area contributed by atoms with Gasteiger partial charge in [0, 0.05) is 19.2 Å². The Labute approximate surface area is 74.0 Å². The van der Waals surface area contributed by atoms with Crippen LogP contribution in [0, 0.1) is 6.92 Å². The first-order valence-corrected chi connectivity index (χ1v) is 3.86. The van der Waals surface area contributed by atoms with Crippen LogP contribution in [0.3, 0.4) is 0 Å². The molecule has 0 aliphatic rings. The normalized spacial score (nSPS) is 10.6. The second-order valence-electron chi connectivity index (χ2n) is 2.89. The minimum absolute atomic E-state index is 0.0874. The van der Waals surface area contributed by atoms with E-state index in [4.69, 9.17) is 4.52 Å². The van der Waals surface area contributed by atoms with E-state index >= 15 is 0 Å². The van der Waals surface area contributed by atoms with E-state index in [0.29, 0.717) is 11.4 Å². The van der Waals surface area contributed by atoms with Crippen molar-refractivity contribution in [1.82, 2.24) is 14.9 Å². The summed E-state index contributed by atoms with van der Waals surface area (Å²) in [6, 6.07) is 3.25. The smallest absolute Gasteiger partial charge is 0.266 e. The molecule has 5 heteroatoms. The molecular weight excluding hydrogens is 170 g/mol. The van der Waals surface area contributed by atoms with Crippen LogP contribution in [0.1, 0.15) is 5.76 Å². The third-order valence-electron chi connectivity index (χ3n) is 1.79. The summed E-state index contributed by atoms with van der Waals surface area (Å²) in [6.07, 6.45) is 0. The molecule has 1 N–H and O–H groups in total. The molecule has 0 atom stereocenters. The van der Waals surface area contributed by atoms with Gasteiger partial charge < -0.3 is 4.52 Å². The molecule has 2 aromatic heterocycles. The van der Waals surface area contributed by atoms with E-state index in [0.717, 1.165) is 5.76 Å². The van der Waals surface area contributed by atoms with Gasteiger partial charge in [-0.05, 0) is 6.92 Å². The number of H-pyrrole nitrogens is 1. The second kappa shape index (κ2) is 2.62. The fraction of sp³-hybridized carbons (Fsp3) is 0.250. The van der Waals surface area contributed by atoms with Crippen LogP contribution in [0.2, 0.25) is 0 Å². The molecular formula is C8H9N3O2. The minimum atomic E-state index is -0.0874. The molecule has 0 unspecified atom stereocenters. The van der Waals surface area contributed by atoms with Crippen molar-refractivity contribution in [3.63, 3.8) is 0 Å². The van der Waals surface area contributed by atoms with Crippen molar-refractivity contribution in [1.29, 1.82) is 0 Å². The quantitative estimate of drug-likeness (QED) is 0.700. The molecule has 2 rings (SSSR count). The maximum absolute atomic E-state index is 11.1. The van der Waals surface area contributed by atoms with Crippen molar-refractivity contribution >= 4 is 0 Å². The molecule has 0 radical (unpaired) electrons. The SMILES string of the molecule is Cc1cc(-c2cc(=O)n(C)[nH]2)no1. The number of rotatable bonds is 1. The second-order valence-corrected chi connectivity index (χ2v) is 2.89. The molecule has 5 nitrogen and oxygen atoms in total. The number of hydrogen-bond donors (Lipinski definition) is 1. The first-order valence-electron chi connectivity index (χ1n) is 3.86. The highest BCUT2D eigenvalue weighted by Gasteiger charge is 2.06. The topological polar surface area (TPSA) is 63.8 Å². The lowest BCUT2D eigenvalue weighted by Gasteiger charge is -1.87. The first-order chi connectivity index (χ1) is 6.16. The lowest BCUT2D eigenvalue weighted by molar-refractivity contribution is 0.399. The van der Waals surface area contributed by atoms with Crippen LogP contribution < -0.4 is 5.56 Å². The molecule has 0 bridgehead atoms. The number of nitrogens with one attached hydrogen (secondary N) is 1. The van der Waals surface area contributed by atoms with Crippen molar-refractivity contribution < 1.29 is 4.52 Å². The average molecular weight is 179 g/mol. The molecule has 13 heavy (non-hydrogen) atoms. The zero-order valence-corrected chi connectivity index (χ0v) is 7.37. The van der Waals surface area contributed by atoms with Crippen LogP contribution in [0.25, 0.3) is 11.4 Å².